The van der Waals surface area contributed by atoms with Crippen LogP contribution in [0.3, 0.4) is 0 Å². The summed E-state index contributed by atoms with van der Waals surface area (Å²) in [4.78, 5) is 0. The van der Waals surface area contributed by atoms with Crippen LogP contribution in [-0.4, -0.2) is 34.9 Å². The summed E-state index contributed by atoms with van der Waals surface area (Å²) in [5.74, 6) is 0.162. The topological polar surface area (TPSA) is 41.7 Å². The van der Waals surface area contributed by atoms with E-state index in [-0.39, 0.29) is 18.1 Å². The Morgan fingerprint density at radius 2 is 1.50 bits per heavy atom. The summed E-state index contributed by atoms with van der Waals surface area (Å²) in [5, 5.41) is 10.1. The van der Waals surface area contributed by atoms with Crippen LogP contribution < -0.4 is 0 Å². The minimum absolute atomic E-state index is 0.0884. The van der Waals surface area contributed by atoms with Gasteiger partial charge in [-0.25, -0.2) is 0 Å². The fourth-order valence-electron chi connectivity index (χ4n) is 2.92. The highest BCUT2D eigenvalue weighted by molar-refractivity contribution is 5.59. The maximum atomic E-state index is 10.1. The maximum Gasteiger partial charge on any atom is 0.230 e. The molecule has 0 saturated carbocycles. The lowest BCUT2D eigenvalue weighted by Gasteiger charge is -2.16. The van der Waals surface area contributed by atoms with Crippen molar-refractivity contribution < 1.29 is 19.4 Å². The van der Waals surface area contributed by atoms with Gasteiger partial charge in [0.1, 0.15) is 12.7 Å². The minimum Gasteiger partial charge on any atom is -0.370 e. The Bertz CT molecular complexity index is 657. The molecule has 24 heavy (non-hydrogen) atoms. The van der Waals surface area contributed by atoms with Crippen molar-refractivity contribution in [1.29, 1.82) is 0 Å². The van der Waals surface area contributed by atoms with Crippen LogP contribution in [0.1, 0.15) is 18.1 Å². The monoisotopic (exact) mass is 326 g/mol. The molecule has 2 aromatic carbocycles. The van der Waals surface area contributed by atoms with E-state index >= 15 is 0 Å². The number of hydroxylamine groups is 1. The standard InChI is InChI=1S/C20H24NO3/c1-16-19(15-23-13-17-8-4-2-5-9-17)21(22)12-20(16)24-14-18-10-6-3-7-11-18/h2-12,16,19-20,22H,13-15H2,1H3/q+1/t16-,19-,20-/m0/s1. The van der Waals surface area contributed by atoms with Gasteiger partial charge in [-0.1, -0.05) is 67.6 Å². The number of nitrogens with zero attached hydrogens (tertiary/aromatic N) is 1. The van der Waals surface area contributed by atoms with Crippen LogP contribution in [-0.2, 0) is 22.7 Å². The molecule has 0 radical (unpaired) electrons. The van der Waals surface area contributed by atoms with Gasteiger partial charge >= 0.3 is 0 Å². The van der Waals surface area contributed by atoms with Crippen molar-refractivity contribution in [2.75, 3.05) is 6.61 Å². The fourth-order valence-corrected chi connectivity index (χ4v) is 2.92. The van der Waals surface area contributed by atoms with Crippen LogP contribution in [0.25, 0.3) is 0 Å². The van der Waals surface area contributed by atoms with Crippen LogP contribution in [0, 0.1) is 5.92 Å². The number of ether oxygens (including phenoxy) is 2. The predicted molar refractivity (Wildman–Crippen MR) is 92.2 cm³/mol. The van der Waals surface area contributed by atoms with Crippen LogP contribution in [0.5, 0.6) is 0 Å². The molecule has 0 aromatic heterocycles. The van der Waals surface area contributed by atoms with Gasteiger partial charge in [0, 0.05) is 0 Å². The average Bonchev–Trinajstić information content (AvgIpc) is 2.89. The summed E-state index contributed by atoms with van der Waals surface area (Å²) >= 11 is 0. The molecule has 1 aliphatic heterocycles. The van der Waals surface area contributed by atoms with E-state index < -0.39 is 0 Å². The first-order valence-corrected chi connectivity index (χ1v) is 8.33. The lowest BCUT2D eigenvalue weighted by molar-refractivity contribution is -0.795. The number of hydrogen-bond donors (Lipinski definition) is 1. The lowest BCUT2D eigenvalue weighted by atomic mass is 10.0. The van der Waals surface area contributed by atoms with Gasteiger partial charge in [-0.05, 0) is 15.9 Å². The second-order valence-electron chi connectivity index (χ2n) is 6.22. The summed E-state index contributed by atoms with van der Waals surface area (Å²) in [6, 6.07) is 20.0. The van der Waals surface area contributed by atoms with Gasteiger partial charge in [0.25, 0.3) is 0 Å². The fraction of sp³-hybridized carbons (Fsp3) is 0.350. The van der Waals surface area contributed by atoms with Gasteiger partial charge in [-0.3, -0.25) is 5.21 Å². The Hall–Kier alpha value is -2.17. The first-order valence-electron chi connectivity index (χ1n) is 8.33. The first kappa shape index (κ1) is 16.7. The molecule has 0 saturated heterocycles. The Morgan fingerprint density at radius 3 is 2.12 bits per heavy atom. The predicted octanol–water partition coefficient (Wildman–Crippen LogP) is 3.28. The summed E-state index contributed by atoms with van der Waals surface area (Å²) in [6.07, 6.45) is 1.63. The lowest BCUT2D eigenvalue weighted by Crippen LogP contribution is -2.32. The smallest absolute Gasteiger partial charge is 0.230 e. The van der Waals surface area contributed by atoms with Crippen molar-refractivity contribution in [2.45, 2.75) is 32.3 Å². The van der Waals surface area contributed by atoms with Gasteiger partial charge in [0.2, 0.25) is 12.3 Å². The van der Waals surface area contributed by atoms with Crippen molar-refractivity contribution in [3.63, 3.8) is 0 Å². The third kappa shape index (κ3) is 4.22. The first-order chi connectivity index (χ1) is 11.7. The van der Waals surface area contributed by atoms with Crippen LogP contribution in [0.2, 0.25) is 0 Å². The molecule has 0 bridgehead atoms. The zero-order valence-corrected chi connectivity index (χ0v) is 13.9. The van der Waals surface area contributed by atoms with E-state index in [1.807, 2.05) is 60.7 Å². The van der Waals surface area contributed by atoms with E-state index in [2.05, 4.69) is 6.92 Å². The zero-order chi connectivity index (χ0) is 16.8. The molecule has 1 heterocycles. The number of rotatable bonds is 7. The van der Waals surface area contributed by atoms with Crippen LogP contribution >= 0.6 is 0 Å². The summed E-state index contributed by atoms with van der Waals surface area (Å²) in [5.41, 5.74) is 2.26. The van der Waals surface area contributed by atoms with Gasteiger partial charge in [0.05, 0.1) is 19.1 Å². The third-order valence-corrected chi connectivity index (χ3v) is 4.45. The van der Waals surface area contributed by atoms with Gasteiger partial charge in [-0.2, -0.15) is 0 Å². The van der Waals surface area contributed by atoms with E-state index in [0.29, 0.717) is 19.8 Å². The highest BCUT2D eigenvalue weighted by Crippen LogP contribution is 2.21. The van der Waals surface area contributed by atoms with E-state index in [1.54, 1.807) is 6.21 Å². The molecule has 126 valence electrons. The van der Waals surface area contributed by atoms with Crippen molar-refractivity contribution in [3.8, 4) is 0 Å². The molecule has 0 fully saturated rings. The third-order valence-electron chi connectivity index (χ3n) is 4.45. The molecule has 0 aliphatic carbocycles. The molecule has 0 amide bonds. The van der Waals surface area contributed by atoms with Crippen LogP contribution in [0.4, 0.5) is 0 Å². The molecular formula is C20H24NO3+. The summed E-state index contributed by atoms with van der Waals surface area (Å²) in [7, 11) is 0. The van der Waals surface area contributed by atoms with E-state index in [9.17, 15) is 5.21 Å². The maximum absolute atomic E-state index is 10.1. The van der Waals surface area contributed by atoms with Gasteiger partial charge in [0.15, 0.2) is 0 Å². The van der Waals surface area contributed by atoms with Crippen molar-refractivity contribution >= 4 is 6.21 Å². The van der Waals surface area contributed by atoms with E-state index in [4.69, 9.17) is 9.47 Å². The minimum atomic E-state index is -0.111. The summed E-state index contributed by atoms with van der Waals surface area (Å²) in [6.45, 7) is 3.64. The molecule has 4 nitrogen and oxygen atoms in total. The SMILES string of the molecule is C[C@@H]1[C@@H](OCc2ccccc2)C=[N+](O)[C@H]1COCc1ccccc1. The second-order valence-corrected chi connectivity index (χ2v) is 6.22. The molecule has 0 unspecified atom stereocenters. The normalized spacial score (nSPS) is 23.2. The van der Waals surface area contributed by atoms with E-state index in [0.717, 1.165) is 11.1 Å². The molecule has 0 spiro atoms. The van der Waals surface area contributed by atoms with Gasteiger partial charge in [-0.15, -0.1) is 0 Å². The van der Waals surface area contributed by atoms with E-state index in [1.165, 1.54) is 4.74 Å². The Balaban J connectivity index is 1.48. The largest absolute Gasteiger partial charge is 0.370 e. The Morgan fingerprint density at radius 1 is 0.917 bits per heavy atom. The molecule has 4 heteroatoms. The van der Waals surface area contributed by atoms with Gasteiger partial charge < -0.3 is 9.47 Å². The van der Waals surface area contributed by atoms with Crippen molar-refractivity contribution in [2.24, 2.45) is 5.92 Å². The Kier molecular flexibility index (Phi) is 5.62. The molecule has 3 atom stereocenters. The molecule has 3 rings (SSSR count). The highest BCUT2D eigenvalue weighted by atomic mass is 16.5. The number of hydrogen-bond acceptors (Lipinski definition) is 3. The zero-order valence-electron chi connectivity index (χ0n) is 13.9. The second kappa shape index (κ2) is 8.08. The Labute approximate surface area is 142 Å². The average molecular weight is 326 g/mol. The molecule has 1 N–H and O–H groups in total. The van der Waals surface area contributed by atoms with Crippen LogP contribution in [0.15, 0.2) is 60.7 Å². The molecular weight excluding hydrogens is 302 g/mol. The van der Waals surface area contributed by atoms with Crippen molar-refractivity contribution in [1.82, 2.24) is 0 Å². The molecule has 2 aromatic rings. The molecule has 1 aliphatic rings. The summed E-state index contributed by atoms with van der Waals surface area (Å²) < 4.78 is 13.0. The number of benzene rings is 2. The van der Waals surface area contributed by atoms with Crippen molar-refractivity contribution in [3.05, 3.63) is 71.8 Å². The highest BCUT2D eigenvalue weighted by Gasteiger charge is 2.42. The quantitative estimate of drug-likeness (QED) is 0.627.